The lowest BCUT2D eigenvalue weighted by atomic mass is 10.00. The van der Waals surface area contributed by atoms with Crippen molar-refractivity contribution in [3.8, 4) is 16.3 Å². The largest absolute Gasteiger partial charge is 0.494 e. The highest BCUT2D eigenvalue weighted by molar-refractivity contribution is 7.22. The molecule has 6 rings (SSSR count). The van der Waals surface area contributed by atoms with E-state index in [-0.39, 0.29) is 11.8 Å². The van der Waals surface area contributed by atoms with E-state index in [2.05, 4.69) is 16.4 Å². The molecular formula is C31H28N4O3S2. The smallest absolute Gasteiger partial charge is 0.328 e. The minimum absolute atomic E-state index is 0.0451. The third kappa shape index (κ3) is 5.61. The van der Waals surface area contributed by atoms with Crippen molar-refractivity contribution in [2.75, 3.05) is 23.4 Å². The van der Waals surface area contributed by atoms with Crippen molar-refractivity contribution in [2.24, 2.45) is 0 Å². The van der Waals surface area contributed by atoms with Crippen LogP contribution in [0.3, 0.4) is 0 Å². The molecule has 7 nitrogen and oxygen atoms in total. The number of amides is 2. The Kier molecular flexibility index (Phi) is 7.57. The summed E-state index contributed by atoms with van der Waals surface area (Å²) in [5, 5.41) is 4.36. The second-order valence-corrected chi connectivity index (χ2v) is 11.7. The number of carbonyl (C=O) groups excluding carboxylic acids is 2. The van der Waals surface area contributed by atoms with Gasteiger partial charge in [-0.2, -0.15) is 0 Å². The van der Waals surface area contributed by atoms with Gasteiger partial charge in [0.2, 0.25) is 0 Å². The molecule has 0 aliphatic carbocycles. The van der Waals surface area contributed by atoms with Crippen molar-refractivity contribution < 1.29 is 14.3 Å². The number of ketones is 1. The van der Waals surface area contributed by atoms with Crippen molar-refractivity contribution in [1.29, 1.82) is 0 Å². The Morgan fingerprint density at radius 1 is 1.00 bits per heavy atom. The summed E-state index contributed by atoms with van der Waals surface area (Å²) < 4.78 is 6.86. The standard InChI is InChI=1S/C31H28N4O3S2/c1-20(36)28-27(14-8-18-38-23-10-3-2-4-11-23)39-29(33-28)22-16-15-21-9-7-17-35(25(21)19-22)31(37)34-30-32-24-12-5-6-13-26(24)40-30/h2-6,10-13,15-16,19H,7-9,14,17-18H2,1H3,(H,32,34,37). The zero-order valence-corrected chi connectivity index (χ0v) is 23.7. The summed E-state index contributed by atoms with van der Waals surface area (Å²) in [5.74, 6) is 0.793. The number of nitrogens with one attached hydrogen (secondary N) is 1. The number of thiazole rings is 2. The first kappa shape index (κ1) is 26.2. The Hall–Kier alpha value is -4.08. The van der Waals surface area contributed by atoms with Crippen LogP contribution < -0.4 is 15.0 Å². The Morgan fingerprint density at radius 3 is 2.65 bits per heavy atom. The monoisotopic (exact) mass is 568 g/mol. The molecule has 5 aromatic rings. The SMILES string of the molecule is CC(=O)c1nc(-c2ccc3c(c2)N(C(=O)Nc2nc4ccccc4s2)CCC3)sc1CCCOc1ccccc1. The third-order valence-electron chi connectivity index (χ3n) is 6.79. The molecule has 0 atom stereocenters. The molecule has 0 saturated carbocycles. The number of Topliss-reactive ketones (excluding diaryl/α,β-unsaturated/α-hetero) is 1. The number of aryl methyl sites for hydroxylation is 2. The fourth-order valence-corrected chi connectivity index (χ4v) is 6.87. The molecule has 2 amide bonds. The number of para-hydroxylation sites is 2. The average Bonchev–Trinajstić information content (AvgIpc) is 3.59. The molecule has 3 aromatic carbocycles. The number of ether oxygens (including phenoxy) is 1. The second-order valence-electron chi connectivity index (χ2n) is 9.63. The number of fused-ring (bicyclic) bond motifs is 2. The van der Waals surface area contributed by atoms with E-state index in [0.29, 0.717) is 30.4 Å². The van der Waals surface area contributed by atoms with Crippen molar-refractivity contribution in [2.45, 2.75) is 32.6 Å². The van der Waals surface area contributed by atoms with Crippen LogP contribution in [0.2, 0.25) is 0 Å². The number of nitrogens with zero attached hydrogens (tertiary/aromatic N) is 3. The van der Waals surface area contributed by atoms with Crippen LogP contribution in [0.25, 0.3) is 20.8 Å². The highest BCUT2D eigenvalue weighted by Crippen LogP contribution is 2.36. The molecule has 1 N–H and O–H groups in total. The zero-order valence-electron chi connectivity index (χ0n) is 22.1. The van der Waals surface area contributed by atoms with Gasteiger partial charge in [0.25, 0.3) is 0 Å². The molecule has 0 fully saturated rings. The van der Waals surface area contributed by atoms with E-state index in [4.69, 9.17) is 9.72 Å². The number of hydrogen-bond donors (Lipinski definition) is 1. The molecule has 1 aliphatic rings. The Morgan fingerprint density at radius 2 is 1.82 bits per heavy atom. The summed E-state index contributed by atoms with van der Waals surface area (Å²) in [6.45, 7) is 2.74. The van der Waals surface area contributed by atoms with E-state index in [1.165, 1.54) is 22.7 Å². The van der Waals surface area contributed by atoms with Gasteiger partial charge in [0.15, 0.2) is 10.9 Å². The fourth-order valence-electron chi connectivity index (χ4n) is 4.86. The third-order valence-corrected chi connectivity index (χ3v) is 8.91. The van der Waals surface area contributed by atoms with Gasteiger partial charge in [-0.25, -0.2) is 14.8 Å². The number of aromatic nitrogens is 2. The molecule has 2 aromatic heterocycles. The lowest BCUT2D eigenvalue weighted by molar-refractivity contribution is 0.101. The van der Waals surface area contributed by atoms with Crippen LogP contribution in [0, 0.1) is 0 Å². The molecule has 1 aliphatic heterocycles. The van der Waals surface area contributed by atoms with Crippen LogP contribution in [-0.4, -0.2) is 34.9 Å². The second kappa shape index (κ2) is 11.6. The van der Waals surface area contributed by atoms with Crippen LogP contribution >= 0.6 is 22.7 Å². The Labute approximate surface area is 240 Å². The summed E-state index contributed by atoms with van der Waals surface area (Å²) in [4.78, 5) is 37.8. The van der Waals surface area contributed by atoms with Crippen LogP contribution in [0.15, 0.2) is 72.8 Å². The van der Waals surface area contributed by atoms with E-state index in [0.717, 1.165) is 61.9 Å². The van der Waals surface area contributed by atoms with Gasteiger partial charge in [-0.1, -0.05) is 53.8 Å². The van der Waals surface area contributed by atoms with Crippen LogP contribution in [0.1, 0.15) is 40.7 Å². The summed E-state index contributed by atoms with van der Waals surface area (Å²) in [6.07, 6.45) is 3.28. The molecule has 3 heterocycles. The highest BCUT2D eigenvalue weighted by Gasteiger charge is 2.25. The molecule has 0 unspecified atom stereocenters. The quantitative estimate of drug-likeness (QED) is 0.154. The van der Waals surface area contributed by atoms with Gasteiger partial charge in [-0.15, -0.1) is 11.3 Å². The van der Waals surface area contributed by atoms with E-state index >= 15 is 0 Å². The van der Waals surface area contributed by atoms with Gasteiger partial charge >= 0.3 is 6.03 Å². The van der Waals surface area contributed by atoms with Crippen LogP contribution in [0.5, 0.6) is 5.75 Å². The maximum atomic E-state index is 13.4. The van der Waals surface area contributed by atoms with Gasteiger partial charge in [-0.05, 0) is 61.6 Å². The van der Waals surface area contributed by atoms with Crippen LogP contribution in [0.4, 0.5) is 15.6 Å². The summed E-state index contributed by atoms with van der Waals surface area (Å²) in [7, 11) is 0. The summed E-state index contributed by atoms with van der Waals surface area (Å²) in [6, 6.07) is 23.5. The van der Waals surface area contributed by atoms with Gasteiger partial charge in [0, 0.05) is 29.6 Å². The van der Waals surface area contributed by atoms with E-state index in [1.54, 1.807) is 11.8 Å². The maximum absolute atomic E-state index is 13.4. The summed E-state index contributed by atoms with van der Waals surface area (Å²) in [5.41, 5.74) is 4.29. The molecule has 9 heteroatoms. The topological polar surface area (TPSA) is 84.4 Å². The predicted octanol–water partition coefficient (Wildman–Crippen LogP) is 7.62. The Balaban J connectivity index is 1.20. The van der Waals surface area contributed by atoms with E-state index < -0.39 is 0 Å². The summed E-state index contributed by atoms with van der Waals surface area (Å²) >= 11 is 3.00. The lowest BCUT2D eigenvalue weighted by Gasteiger charge is -2.29. The molecule has 40 heavy (non-hydrogen) atoms. The molecule has 0 spiro atoms. The number of carbonyl (C=O) groups is 2. The van der Waals surface area contributed by atoms with Crippen molar-refractivity contribution in [1.82, 2.24) is 9.97 Å². The first-order chi connectivity index (χ1) is 19.5. The zero-order chi connectivity index (χ0) is 27.5. The minimum Gasteiger partial charge on any atom is -0.494 e. The van der Waals surface area contributed by atoms with Gasteiger partial charge in [0.05, 0.1) is 16.8 Å². The predicted molar refractivity (Wildman–Crippen MR) is 162 cm³/mol. The van der Waals surface area contributed by atoms with E-state index in [1.807, 2.05) is 66.7 Å². The highest BCUT2D eigenvalue weighted by atomic mass is 32.1. The number of urea groups is 1. The van der Waals surface area contributed by atoms with Crippen molar-refractivity contribution >= 4 is 55.5 Å². The number of anilines is 2. The molecule has 0 radical (unpaired) electrons. The molecule has 0 bridgehead atoms. The normalized spacial score (nSPS) is 12.8. The number of hydrogen-bond acceptors (Lipinski definition) is 7. The van der Waals surface area contributed by atoms with Crippen molar-refractivity contribution in [3.05, 3.63) is 88.9 Å². The van der Waals surface area contributed by atoms with Gasteiger partial charge in [0.1, 0.15) is 16.5 Å². The van der Waals surface area contributed by atoms with Gasteiger partial charge in [-0.3, -0.25) is 15.0 Å². The minimum atomic E-state index is -0.195. The first-order valence-corrected chi connectivity index (χ1v) is 14.9. The number of rotatable bonds is 8. The van der Waals surface area contributed by atoms with Gasteiger partial charge < -0.3 is 4.74 Å². The maximum Gasteiger partial charge on any atom is 0.328 e. The number of benzene rings is 3. The van der Waals surface area contributed by atoms with Crippen molar-refractivity contribution in [3.63, 3.8) is 0 Å². The molecular weight excluding hydrogens is 541 g/mol. The molecule has 202 valence electrons. The fraction of sp³-hybridized carbons (Fsp3) is 0.226. The average molecular weight is 569 g/mol. The first-order valence-electron chi connectivity index (χ1n) is 13.3. The van der Waals surface area contributed by atoms with E-state index in [9.17, 15) is 9.59 Å². The Bertz CT molecular complexity index is 1650. The van der Waals surface area contributed by atoms with Crippen LogP contribution in [-0.2, 0) is 12.8 Å². The molecule has 0 saturated heterocycles. The lowest BCUT2D eigenvalue weighted by Crippen LogP contribution is -2.38.